The molecule has 0 saturated carbocycles. The summed E-state index contributed by atoms with van der Waals surface area (Å²) < 4.78 is 37.9. The summed E-state index contributed by atoms with van der Waals surface area (Å²) in [6.45, 7) is 32.8. The van der Waals surface area contributed by atoms with Crippen LogP contribution in [0.5, 0.6) is 11.8 Å². The molecule has 14 nitrogen and oxygen atoms in total. The molecule has 16 heteroatoms. The molecule has 4 aromatic heterocycles. The number of aromatic nitrogens is 7. The van der Waals surface area contributed by atoms with Gasteiger partial charge < -0.3 is 23.4 Å². The number of nitrogens with zero attached hydrogens (tertiary/aromatic N) is 8. The molecule has 320 valence electrons. The number of aryl methyl sites for hydroxylation is 3. The van der Waals surface area contributed by atoms with Gasteiger partial charge in [-0.05, 0) is 128 Å². The minimum absolute atomic E-state index is 0.0594. The highest BCUT2D eigenvalue weighted by atomic mass is 127. The molecule has 1 aliphatic rings. The van der Waals surface area contributed by atoms with Crippen LogP contribution in [0.2, 0.25) is 18.1 Å². The molecule has 4 aromatic rings. The first-order chi connectivity index (χ1) is 27.1. The minimum atomic E-state index is -2.04. The lowest BCUT2D eigenvalue weighted by atomic mass is 10.1. The van der Waals surface area contributed by atoms with Crippen LogP contribution in [-0.4, -0.2) is 91.7 Å². The van der Waals surface area contributed by atoms with Crippen molar-refractivity contribution in [3.63, 3.8) is 0 Å². The Balaban J connectivity index is 1.47. The SMILES string of the molecule is C=Cc1nn(C2CCCCO2)c2c(C)nc(-c3c(C)nn(C)c3O[C@@H](C)CN(Cc3c(I)c(OCC)nn3[C@@H](C)CO[Si](C)(C)C(C)(C)C)C(=O)OC(C)(C)C)cc12. The van der Waals surface area contributed by atoms with E-state index < -0.39 is 26.1 Å². The average molecular weight is 933 g/mol. The number of rotatable bonds is 15. The van der Waals surface area contributed by atoms with Gasteiger partial charge in [0.1, 0.15) is 11.7 Å². The van der Waals surface area contributed by atoms with Gasteiger partial charge in [-0.3, -0.25) is 14.6 Å². The topological polar surface area (TPSA) is 133 Å². The van der Waals surface area contributed by atoms with E-state index in [0.717, 1.165) is 62.1 Å². The van der Waals surface area contributed by atoms with Crippen LogP contribution in [0.25, 0.3) is 28.2 Å². The molecule has 0 aromatic carbocycles. The van der Waals surface area contributed by atoms with Crippen molar-refractivity contribution in [2.75, 3.05) is 26.4 Å². The number of ether oxygens (including phenoxy) is 4. The first-order valence-electron chi connectivity index (χ1n) is 20.4. The molecule has 1 saturated heterocycles. The van der Waals surface area contributed by atoms with Gasteiger partial charge in [-0.2, -0.15) is 10.2 Å². The number of halogens is 1. The van der Waals surface area contributed by atoms with Crippen LogP contribution in [-0.2, 0) is 27.5 Å². The molecule has 5 rings (SSSR count). The summed E-state index contributed by atoms with van der Waals surface area (Å²) >= 11 is 2.27. The number of carbonyl (C=O) groups excluding carboxylic acids is 1. The van der Waals surface area contributed by atoms with Crippen LogP contribution in [0.3, 0.4) is 0 Å². The summed E-state index contributed by atoms with van der Waals surface area (Å²) in [4.78, 5) is 20.8. The molecular formula is C42H65IN8O6Si. The molecule has 1 fully saturated rings. The zero-order chi connectivity index (χ0) is 42.9. The van der Waals surface area contributed by atoms with Crippen LogP contribution in [0.4, 0.5) is 4.79 Å². The Hall–Kier alpha value is -3.48. The highest BCUT2D eigenvalue weighted by Gasteiger charge is 2.38. The maximum atomic E-state index is 14.1. The Labute approximate surface area is 359 Å². The van der Waals surface area contributed by atoms with Crippen molar-refractivity contribution in [2.45, 2.75) is 144 Å². The summed E-state index contributed by atoms with van der Waals surface area (Å²) in [5.41, 5.74) is 4.87. The number of amides is 1. The molecule has 0 bridgehead atoms. The molecule has 1 aliphatic heterocycles. The molecular weight excluding hydrogens is 868 g/mol. The summed E-state index contributed by atoms with van der Waals surface area (Å²) in [6, 6.07) is 1.91. The van der Waals surface area contributed by atoms with Gasteiger partial charge in [0.25, 0.3) is 0 Å². The standard InChI is InChI=1S/C42H65IN8O6Si/c1-16-31-30-22-32(44-29(6)37(30)51(46-31)34-20-18-19-21-54-34)35-28(5)45-48(13)39(35)56-27(4)23-49(40(52)57-41(7,8)9)24-33-36(43)38(53-17-2)47-50(33)26(3)25-55-58(14,15)42(10,11)12/h16,22,26-27,34H,1,17-21,23-25H2,2-15H3/t26-,27-,34?/m0/s1. The fourth-order valence-corrected chi connectivity index (χ4v) is 8.64. The van der Waals surface area contributed by atoms with Gasteiger partial charge in [-0.25, -0.2) is 14.2 Å². The molecule has 58 heavy (non-hydrogen) atoms. The fourth-order valence-electron chi connectivity index (χ4n) is 6.87. The van der Waals surface area contributed by atoms with E-state index in [-0.39, 0.29) is 30.4 Å². The van der Waals surface area contributed by atoms with Crippen molar-refractivity contribution < 1.29 is 28.2 Å². The molecule has 0 aliphatic carbocycles. The normalized spacial score (nSPS) is 16.4. The van der Waals surface area contributed by atoms with Crippen LogP contribution in [0, 0.1) is 17.4 Å². The third kappa shape index (κ3) is 10.1. The minimum Gasteiger partial charge on any atom is -0.476 e. The highest BCUT2D eigenvalue weighted by Crippen LogP contribution is 2.39. The second kappa shape index (κ2) is 18.0. The fraction of sp³-hybridized carbons (Fsp3) is 0.643. The maximum Gasteiger partial charge on any atom is 0.410 e. The smallest absolute Gasteiger partial charge is 0.410 e. The van der Waals surface area contributed by atoms with Gasteiger partial charge in [-0.1, -0.05) is 27.4 Å². The van der Waals surface area contributed by atoms with Gasteiger partial charge in [0, 0.05) is 19.0 Å². The predicted octanol–water partition coefficient (Wildman–Crippen LogP) is 9.78. The highest BCUT2D eigenvalue weighted by molar-refractivity contribution is 14.1. The van der Waals surface area contributed by atoms with Crippen molar-refractivity contribution >= 4 is 54.0 Å². The Bertz CT molecular complexity index is 2090. The first kappa shape index (κ1) is 45.6. The van der Waals surface area contributed by atoms with Gasteiger partial charge in [0.15, 0.2) is 14.5 Å². The molecule has 1 amide bonds. The van der Waals surface area contributed by atoms with Gasteiger partial charge >= 0.3 is 6.09 Å². The molecule has 0 N–H and O–H groups in total. The van der Waals surface area contributed by atoms with Crippen LogP contribution in [0.1, 0.15) is 117 Å². The predicted molar refractivity (Wildman–Crippen MR) is 239 cm³/mol. The zero-order valence-corrected chi connectivity index (χ0v) is 40.3. The van der Waals surface area contributed by atoms with Gasteiger partial charge in [0.2, 0.25) is 11.8 Å². The lowest BCUT2D eigenvalue weighted by molar-refractivity contribution is -0.0368. The Morgan fingerprint density at radius 1 is 1.12 bits per heavy atom. The van der Waals surface area contributed by atoms with Crippen molar-refractivity contribution in [3.05, 3.63) is 39.0 Å². The Morgan fingerprint density at radius 2 is 1.83 bits per heavy atom. The Morgan fingerprint density at radius 3 is 2.43 bits per heavy atom. The van der Waals surface area contributed by atoms with Crippen molar-refractivity contribution in [3.8, 4) is 23.0 Å². The van der Waals surface area contributed by atoms with Crippen molar-refractivity contribution in [1.29, 1.82) is 0 Å². The average Bonchev–Trinajstić information content (AvgIpc) is 3.76. The van der Waals surface area contributed by atoms with Crippen molar-refractivity contribution in [2.24, 2.45) is 7.05 Å². The van der Waals surface area contributed by atoms with E-state index in [4.69, 9.17) is 43.7 Å². The first-order valence-corrected chi connectivity index (χ1v) is 24.4. The molecule has 0 spiro atoms. The monoisotopic (exact) mass is 932 g/mol. The second-order valence-corrected chi connectivity index (χ2v) is 23.8. The number of fused-ring (bicyclic) bond motifs is 1. The summed E-state index contributed by atoms with van der Waals surface area (Å²) in [7, 11) is -0.183. The van der Waals surface area contributed by atoms with Crippen LogP contribution < -0.4 is 9.47 Å². The third-order valence-electron chi connectivity index (χ3n) is 10.8. The maximum absolute atomic E-state index is 14.1. The number of hydrogen-bond acceptors (Lipinski definition) is 10. The quantitative estimate of drug-likeness (QED) is 0.0839. The van der Waals surface area contributed by atoms with Crippen LogP contribution in [0.15, 0.2) is 12.6 Å². The van der Waals surface area contributed by atoms with Gasteiger partial charge in [0.05, 0.1) is 75.5 Å². The van der Waals surface area contributed by atoms with Crippen molar-refractivity contribution in [1.82, 2.24) is 39.2 Å². The Kier molecular flexibility index (Phi) is 14.2. The van der Waals surface area contributed by atoms with E-state index in [1.807, 2.05) is 70.9 Å². The zero-order valence-electron chi connectivity index (χ0n) is 37.2. The summed E-state index contributed by atoms with van der Waals surface area (Å²) in [5.74, 6) is 1.06. The van der Waals surface area contributed by atoms with E-state index in [0.29, 0.717) is 37.3 Å². The summed E-state index contributed by atoms with van der Waals surface area (Å²) in [6.07, 6.45) is 3.71. The van der Waals surface area contributed by atoms with E-state index >= 15 is 0 Å². The lowest BCUT2D eigenvalue weighted by Gasteiger charge is -2.37. The largest absolute Gasteiger partial charge is 0.476 e. The molecule has 5 heterocycles. The second-order valence-electron chi connectivity index (χ2n) is 17.9. The number of hydrogen-bond donors (Lipinski definition) is 0. The summed E-state index contributed by atoms with van der Waals surface area (Å²) in [5, 5.41) is 15.6. The lowest BCUT2D eigenvalue weighted by Crippen LogP contribution is -2.43. The van der Waals surface area contributed by atoms with E-state index in [1.54, 1.807) is 15.7 Å². The van der Waals surface area contributed by atoms with E-state index in [9.17, 15) is 4.79 Å². The molecule has 0 radical (unpaired) electrons. The molecule has 1 unspecified atom stereocenters. The van der Waals surface area contributed by atoms with E-state index in [1.165, 1.54) is 0 Å². The number of pyridine rings is 1. The third-order valence-corrected chi connectivity index (χ3v) is 16.4. The van der Waals surface area contributed by atoms with Crippen LogP contribution >= 0.6 is 22.6 Å². The number of carbonyl (C=O) groups is 1. The van der Waals surface area contributed by atoms with Gasteiger partial charge in [-0.15, -0.1) is 5.10 Å². The van der Waals surface area contributed by atoms with E-state index in [2.05, 4.69) is 70.0 Å². The molecule has 3 atom stereocenters.